The quantitative estimate of drug-likeness (QED) is 0.633. The summed E-state index contributed by atoms with van der Waals surface area (Å²) >= 11 is 0. The summed E-state index contributed by atoms with van der Waals surface area (Å²) in [5, 5.41) is 26.5. The Morgan fingerprint density at radius 1 is 1.18 bits per heavy atom. The number of hydrogen-bond acceptors (Lipinski definition) is 6. The van der Waals surface area contributed by atoms with Crippen LogP contribution in [0.1, 0.15) is 18.4 Å². The van der Waals surface area contributed by atoms with E-state index in [0.717, 1.165) is 30.8 Å². The van der Waals surface area contributed by atoms with E-state index >= 15 is 0 Å². The molecular weight excluding hydrogens is 371 g/mol. The van der Waals surface area contributed by atoms with Crippen LogP contribution in [0.15, 0.2) is 36.7 Å². The van der Waals surface area contributed by atoms with Crippen LogP contribution in [0, 0.1) is 0 Å². The molecule has 2 aromatic heterocycles. The van der Waals surface area contributed by atoms with Crippen LogP contribution in [0.5, 0.6) is 5.75 Å². The highest BCUT2D eigenvalue weighted by Gasteiger charge is 2.31. The largest absolute Gasteiger partial charge is 0.507 e. The van der Waals surface area contributed by atoms with Gasteiger partial charge in [0.05, 0.1) is 5.56 Å². The van der Waals surface area contributed by atoms with Gasteiger partial charge in [-0.25, -0.2) is 0 Å². The van der Waals surface area contributed by atoms with Crippen molar-refractivity contribution in [2.75, 3.05) is 18.4 Å². The van der Waals surface area contributed by atoms with Crippen LogP contribution in [0.4, 0.5) is 19.0 Å². The maximum absolute atomic E-state index is 12.9. The highest BCUT2D eigenvalue weighted by Crippen LogP contribution is 2.38. The van der Waals surface area contributed by atoms with Crippen molar-refractivity contribution in [3.63, 3.8) is 0 Å². The fourth-order valence-electron chi connectivity index (χ4n) is 3.39. The Balaban J connectivity index is 1.72. The molecule has 0 saturated carbocycles. The molecule has 1 atom stereocenters. The van der Waals surface area contributed by atoms with Crippen molar-refractivity contribution >= 4 is 16.6 Å². The van der Waals surface area contributed by atoms with E-state index in [1.807, 2.05) is 0 Å². The smallest absolute Gasteiger partial charge is 0.416 e. The summed E-state index contributed by atoms with van der Waals surface area (Å²) in [6, 6.07) is 4.93. The average molecular weight is 389 g/mol. The first kappa shape index (κ1) is 18.4. The molecule has 3 aromatic rings. The standard InChI is InChI=1S/C19H18F3N5O/c20-19(21,22)11-3-4-14(16(28)8-11)17-15-10-23-7-5-13(15)18(27-26-17)25-9-12-2-1-6-24-12/h3-5,7-8,10,12,24,28H,1-2,6,9H2,(H,25,27)/t12-/m0/s1. The van der Waals surface area contributed by atoms with Gasteiger partial charge in [0.2, 0.25) is 0 Å². The second kappa shape index (κ2) is 7.23. The van der Waals surface area contributed by atoms with Crippen LogP contribution in [0.25, 0.3) is 22.0 Å². The molecule has 0 amide bonds. The molecular formula is C19H18F3N5O. The number of aromatic hydroxyl groups is 1. The lowest BCUT2D eigenvalue weighted by atomic mass is 10.0. The van der Waals surface area contributed by atoms with Gasteiger partial charge in [-0.05, 0) is 43.7 Å². The van der Waals surface area contributed by atoms with Gasteiger partial charge in [-0.2, -0.15) is 13.2 Å². The fraction of sp³-hybridized carbons (Fsp3) is 0.316. The molecule has 1 aliphatic rings. The first-order valence-electron chi connectivity index (χ1n) is 8.92. The molecule has 6 nitrogen and oxygen atoms in total. The molecule has 3 N–H and O–H groups in total. The van der Waals surface area contributed by atoms with E-state index in [2.05, 4.69) is 25.8 Å². The van der Waals surface area contributed by atoms with Crippen molar-refractivity contribution in [1.29, 1.82) is 0 Å². The summed E-state index contributed by atoms with van der Waals surface area (Å²) in [5.74, 6) is 0.0615. The van der Waals surface area contributed by atoms with Gasteiger partial charge in [-0.3, -0.25) is 4.98 Å². The van der Waals surface area contributed by atoms with Gasteiger partial charge in [0, 0.05) is 41.3 Å². The number of phenols is 1. The maximum atomic E-state index is 12.9. The third-order valence-corrected chi connectivity index (χ3v) is 4.84. The molecule has 0 aliphatic carbocycles. The fourth-order valence-corrected chi connectivity index (χ4v) is 3.39. The number of anilines is 1. The van der Waals surface area contributed by atoms with E-state index in [4.69, 9.17) is 0 Å². The summed E-state index contributed by atoms with van der Waals surface area (Å²) in [4.78, 5) is 4.09. The molecule has 146 valence electrons. The first-order valence-corrected chi connectivity index (χ1v) is 8.92. The van der Waals surface area contributed by atoms with Crippen molar-refractivity contribution < 1.29 is 18.3 Å². The molecule has 1 aliphatic heterocycles. The summed E-state index contributed by atoms with van der Waals surface area (Å²) < 4.78 is 38.6. The minimum atomic E-state index is -4.53. The number of benzene rings is 1. The second-order valence-corrected chi connectivity index (χ2v) is 6.72. The molecule has 0 unspecified atom stereocenters. The number of nitrogens with zero attached hydrogens (tertiary/aromatic N) is 3. The van der Waals surface area contributed by atoms with E-state index in [-0.39, 0.29) is 11.3 Å². The molecule has 0 radical (unpaired) electrons. The Labute approximate surface area is 158 Å². The number of fused-ring (bicyclic) bond motifs is 1. The number of phenolic OH excluding ortho intramolecular Hbond substituents is 1. The predicted molar refractivity (Wildman–Crippen MR) is 99.0 cm³/mol. The van der Waals surface area contributed by atoms with Gasteiger partial charge in [-0.1, -0.05) is 0 Å². The van der Waals surface area contributed by atoms with E-state index < -0.39 is 17.5 Å². The summed E-state index contributed by atoms with van der Waals surface area (Å²) in [6.07, 6.45) is 0.856. The van der Waals surface area contributed by atoms with Gasteiger partial charge in [0.1, 0.15) is 11.4 Å². The molecule has 3 heterocycles. The summed E-state index contributed by atoms with van der Waals surface area (Å²) in [7, 11) is 0. The molecule has 28 heavy (non-hydrogen) atoms. The number of nitrogens with one attached hydrogen (secondary N) is 2. The number of aromatic nitrogens is 3. The molecule has 0 spiro atoms. The maximum Gasteiger partial charge on any atom is 0.416 e. The van der Waals surface area contributed by atoms with E-state index in [1.54, 1.807) is 18.5 Å². The topological polar surface area (TPSA) is 83.0 Å². The lowest BCUT2D eigenvalue weighted by molar-refractivity contribution is -0.137. The first-order chi connectivity index (χ1) is 13.4. The van der Waals surface area contributed by atoms with Crippen molar-refractivity contribution in [2.24, 2.45) is 0 Å². The zero-order valence-electron chi connectivity index (χ0n) is 14.8. The molecule has 1 aromatic carbocycles. The van der Waals surface area contributed by atoms with Crippen LogP contribution < -0.4 is 10.6 Å². The Hall–Kier alpha value is -2.94. The zero-order valence-corrected chi connectivity index (χ0v) is 14.8. The van der Waals surface area contributed by atoms with Crippen molar-refractivity contribution in [1.82, 2.24) is 20.5 Å². The number of hydrogen-bond donors (Lipinski definition) is 3. The highest BCUT2D eigenvalue weighted by molar-refractivity contribution is 6.00. The lowest BCUT2D eigenvalue weighted by Gasteiger charge is -2.15. The van der Waals surface area contributed by atoms with Crippen LogP contribution in [-0.4, -0.2) is 39.4 Å². The van der Waals surface area contributed by atoms with Gasteiger partial charge in [0.25, 0.3) is 0 Å². The average Bonchev–Trinajstić information content (AvgIpc) is 3.19. The van der Waals surface area contributed by atoms with Gasteiger partial charge in [0.15, 0.2) is 5.82 Å². The van der Waals surface area contributed by atoms with Crippen molar-refractivity contribution in [3.05, 3.63) is 42.2 Å². The van der Waals surface area contributed by atoms with E-state index in [9.17, 15) is 18.3 Å². The van der Waals surface area contributed by atoms with E-state index in [1.165, 1.54) is 6.07 Å². The number of alkyl halides is 3. The van der Waals surface area contributed by atoms with Gasteiger partial charge in [-0.15, -0.1) is 10.2 Å². The second-order valence-electron chi connectivity index (χ2n) is 6.72. The summed E-state index contributed by atoms with van der Waals surface area (Å²) in [5.41, 5.74) is -0.479. The lowest BCUT2D eigenvalue weighted by Crippen LogP contribution is -2.29. The third kappa shape index (κ3) is 3.57. The zero-order chi connectivity index (χ0) is 19.7. The van der Waals surface area contributed by atoms with Crippen LogP contribution in [-0.2, 0) is 6.18 Å². The normalized spacial score (nSPS) is 17.2. The van der Waals surface area contributed by atoms with Crippen LogP contribution in [0.3, 0.4) is 0 Å². The SMILES string of the molecule is Oc1cc(C(F)(F)F)ccc1-c1nnc(NC[C@@H]2CCCN2)c2ccncc12. The third-order valence-electron chi connectivity index (χ3n) is 4.84. The number of halogens is 3. The molecule has 0 bridgehead atoms. The highest BCUT2D eigenvalue weighted by atomic mass is 19.4. The summed E-state index contributed by atoms with van der Waals surface area (Å²) in [6.45, 7) is 1.69. The minimum Gasteiger partial charge on any atom is -0.507 e. The van der Waals surface area contributed by atoms with Crippen molar-refractivity contribution in [2.45, 2.75) is 25.1 Å². The monoisotopic (exact) mass is 389 g/mol. The van der Waals surface area contributed by atoms with Crippen LogP contribution in [0.2, 0.25) is 0 Å². The Bertz CT molecular complexity index is 1000. The molecule has 4 rings (SSSR count). The van der Waals surface area contributed by atoms with E-state index in [0.29, 0.717) is 29.9 Å². The van der Waals surface area contributed by atoms with Gasteiger partial charge >= 0.3 is 6.18 Å². The molecule has 1 saturated heterocycles. The Morgan fingerprint density at radius 2 is 2.04 bits per heavy atom. The Kier molecular flexibility index (Phi) is 4.76. The number of pyridine rings is 1. The minimum absolute atomic E-state index is 0.169. The molecule has 9 heteroatoms. The van der Waals surface area contributed by atoms with Gasteiger partial charge < -0.3 is 15.7 Å². The van der Waals surface area contributed by atoms with Crippen LogP contribution >= 0.6 is 0 Å². The number of rotatable bonds is 4. The predicted octanol–water partition coefficient (Wildman–Crippen LogP) is 3.58. The van der Waals surface area contributed by atoms with Crippen molar-refractivity contribution in [3.8, 4) is 17.0 Å². The Morgan fingerprint density at radius 3 is 2.75 bits per heavy atom. The molecule has 1 fully saturated rings.